The zero-order valence-electron chi connectivity index (χ0n) is 14.1. The number of halogens is 1. The summed E-state index contributed by atoms with van der Waals surface area (Å²) in [6.07, 6.45) is -0.193. The molecule has 1 atom stereocenters. The van der Waals surface area contributed by atoms with Crippen LogP contribution in [0.1, 0.15) is 16.7 Å². The van der Waals surface area contributed by atoms with Crippen LogP contribution < -0.4 is 15.4 Å². The molecular weight excluding hydrogens is 340 g/mol. The van der Waals surface area contributed by atoms with E-state index in [1.807, 2.05) is 32.0 Å². The molecule has 1 unspecified atom stereocenters. The predicted octanol–water partition coefficient (Wildman–Crippen LogP) is 3.02. The van der Waals surface area contributed by atoms with E-state index in [-0.39, 0.29) is 18.4 Å². The van der Waals surface area contributed by atoms with Gasteiger partial charge in [-0.1, -0.05) is 29.8 Å². The summed E-state index contributed by atoms with van der Waals surface area (Å²) in [7, 11) is 0. The maximum absolute atomic E-state index is 12.2. The molecule has 2 aromatic rings. The number of hydrogen-bond acceptors (Lipinski definition) is 3. The molecule has 0 saturated carbocycles. The predicted molar refractivity (Wildman–Crippen MR) is 97.1 cm³/mol. The normalized spacial score (nSPS) is 15.2. The van der Waals surface area contributed by atoms with Crippen molar-refractivity contribution < 1.29 is 14.3 Å². The molecule has 0 aromatic heterocycles. The van der Waals surface area contributed by atoms with Gasteiger partial charge in [0.2, 0.25) is 5.91 Å². The average Bonchev–Trinajstić information content (AvgIpc) is 2.99. The second-order valence-electron chi connectivity index (χ2n) is 6.10. The number of fused-ring (bicyclic) bond motifs is 1. The van der Waals surface area contributed by atoms with E-state index in [4.69, 9.17) is 16.3 Å². The van der Waals surface area contributed by atoms with E-state index in [1.165, 1.54) is 0 Å². The average molecular weight is 359 g/mol. The van der Waals surface area contributed by atoms with E-state index < -0.39 is 6.10 Å². The van der Waals surface area contributed by atoms with E-state index in [2.05, 4.69) is 10.6 Å². The molecule has 0 fully saturated rings. The lowest BCUT2D eigenvalue weighted by Crippen LogP contribution is -2.41. The molecule has 0 bridgehead atoms. The van der Waals surface area contributed by atoms with Crippen LogP contribution in [0, 0.1) is 13.8 Å². The lowest BCUT2D eigenvalue weighted by molar-refractivity contribution is -0.129. The van der Waals surface area contributed by atoms with Crippen LogP contribution in [0.3, 0.4) is 0 Å². The fourth-order valence-corrected chi connectivity index (χ4v) is 3.03. The van der Waals surface area contributed by atoms with E-state index in [1.54, 1.807) is 18.2 Å². The molecule has 1 heterocycles. The summed E-state index contributed by atoms with van der Waals surface area (Å²) in [6, 6.07) is 11.0. The maximum atomic E-state index is 12.2. The first-order chi connectivity index (χ1) is 11.9. The highest BCUT2D eigenvalue weighted by molar-refractivity contribution is 6.30. The smallest absolute Gasteiger partial charge is 0.261 e. The molecule has 130 valence electrons. The number of anilines is 1. The first-order valence-corrected chi connectivity index (χ1v) is 8.40. The van der Waals surface area contributed by atoms with Crippen LogP contribution in [0.4, 0.5) is 5.69 Å². The topological polar surface area (TPSA) is 67.4 Å². The van der Waals surface area contributed by atoms with Gasteiger partial charge in [-0.25, -0.2) is 0 Å². The van der Waals surface area contributed by atoms with Gasteiger partial charge in [-0.3, -0.25) is 9.59 Å². The molecule has 2 N–H and O–H groups in total. The summed E-state index contributed by atoms with van der Waals surface area (Å²) in [5, 5.41) is 6.07. The Bertz CT molecular complexity index is 815. The minimum absolute atomic E-state index is 0.108. The zero-order valence-corrected chi connectivity index (χ0v) is 14.8. The van der Waals surface area contributed by atoms with Gasteiger partial charge in [0.1, 0.15) is 5.75 Å². The number of carbonyl (C=O) groups is 2. The molecule has 2 aromatic carbocycles. The molecule has 1 aliphatic rings. The summed E-state index contributed by atoms with van der Waals surface area (Å²) in [5.74, 6) is 0.0674. The van der Waals surface area contributed by atoms with Gasteiger partial charge in [-0.2, -0.15) is 0 Å². The van der Waals surface area contributed by atoms with Gasteiger partial charge < -0.3 is 15.4 Å². The summed E-state index contributed by atoms with van der Waals surface area (Å²) >= 11 is 5.95. The Kier molecular flexibility index (Phi) is 4.95. The van der Waals surface area contributed by atoms with Crippen LogP contribution in [0.5, 0.6) is 5.75 Å². The van der Waals surface area contributed by atoms with Crippen molar-refractivity contribution in [1.29, 1.82) is 0 Å². The van der Waals surface area contributed by atoms with E-state index in [0.29, 0.717) is 17.2 Å². The number of ether oxygens (including phenoxy) is 1. The molecule has 1 aliphatic heterocycles. The minimum Gasteiger partial charge on any atom is -0.480 e. The molecule has 6 heteroatoms. The third-order valence-electron chi connectivity index (χ3n) is 4.16. The van der Waals surface area contributed by atoms with Gasteiger partial charge in [-0.15, -0.1) is 0 Å². The maximum Gasteiger partial charge on any atom is 0.261 e. The lowest BCUT2D eigenvalue weighted by Gasteiger charge is -2.13. The van der Waals surface area contributed by atoms with E-state index in [9.17, 15) is 9.59 Å². The first-order valence-electron chi connectivity index (χ1n) is 8.03. The van der Waals surface area contributed by atoms with Crippen LogP contribution >= 0.6 is 11.6 Å². The Balaban J connectivity index is 1.54. The summed E-state index contributed by atoms with van der Waals surface area (Å²) in [5.41, 5.74) is 3.63. The van der Waals surface area contributed by atoms with Crippen molar-refractivity contribution in [1.82, 2.24) is 5.32 Å². The van der Waals surface area contributed by atoms with Crippen molar-refractivity contribution in [2.45, 2.75) is 26.4 Å². The summed E-state index contributed by atoms with van der Waals surface area (Å²) in [4.78, 5) is 24.4. The SMILES string of the molecule is Cc1cccc(C)c1NC(=O)CNC(=O)C1Cc2cc(Cl)ccc2O1. The second kappa shape index (κ2) is 7.15. The number of carbonyl (C=O) groups excluding carboxylic acids is 2. The molecule has 25 heavy (non-hydrogen) atoms. The van der Waals surface area contributed by atoms with E-state index >= 15 is 0 Å². The summed E-state index contributed by atoms with van der Waals surface area (Å²) in [6.45, 7) is 3.75. The lowest BCUT2D eigenvalue weighted by atomic mass is 10.1. The van der Waals surface area contributed by atoms with Crippen molar-refractivity contribution >= 4 is 29.1 Å². The van der Waals surface area contributed by atoms with Crippen LogP contribution in [0.15, 0.2) is 36.4 Å². The molecule has 0 saturated heterocycles. The minimum atomic E-state index is -0.638. The Labute approximate surface area is 151 Å². The molecule has 3 rings (SSSR count). The molecule has 0 radical (unpaired) electrons. The van der Waals surface area contributed by atoms with Gasteiger partial charge in [0, 0.05) is 17.1 Å². The van der Waals surface area contributed by atoms with Crippen molar-refractivity contribution in [3.05, 3.63) is 58.1 Å². The Morgan fingerprint density at radius 1 is 1.20 bits per heavy atom. The molecule has 0 spiro atoms. The molecule has 5 nitrogen and oxygen atoms in total. The highest BCUT2D eigenvalue weighted by atomic mass is 35.5. The van der Waals surface area contributed by atoms with E-state index in [0.717, 1.165) is 22.4 Å². The first kappa shape index (κ1) is 17.3. The van der Waals surface area contributed by atoms with Crippen LogP contribution in [0.2, 0.25) is 5.02 Å². The number of nitrogens with one attached hydrogen (secondary N) is 2. The standard InChI is InChI=1S/C19H19ClN2O3/c1-11-4-3-5-12(2)18(11)22-17(23)10-21-19(24)16-9-13-8-14(20)6-7-15(13)25-16/h3-8,16H,9-10H2,1-2H3,(H,21,24)(H,22,23). The Morgan fingerprint density at radius 2 is 1.92 bits per heavy atom. The van der Waals surface area contributed by atoms with Crippen LogP contribution in [0.25, 0.3) is 0 Å². The Morgan fingerprint density at radius 3 is 2.64 bits per heavy atom. The largest absolute Gasteiger partial charge is 0.480 e. The van der Waals surface area contributed by atoms with Gasteiger partial charge in [0.15, 0.2) is 6.10 Å². The number of para-hydroxylation sites is 1. The monoisotopic (exact) mass is 358 g/mol. The van der Waals surface area contributed by atoms with Gasteiger partial charge in [0.05, 0.1) is 6.54 Å². The number of hydrogen-bond donors (Lipinski definition) is 2. The summed E-state index contributed by atoms with van der Waals surface area (Å²) < 4.78 is 5.61. The number of rotatable bonds is 4. The third-order valence-corrected chi connectivity index (χ3v) is 4.39. The molecule has 2 amide bonds. The number of benzene rings is 2. The fraction of sp³-hybridized carbons (Fsp3) is 0.263. The van der Waals surface area contributed by atoms with Gasteiger partial charge in [-0.05, 0) is 48.7 Å². The van der Waals surface area contributed by atoms with Crippen molar-refractivity contribution in [3.63, 3.8) is 0 Å². The highest BCUT2D eigenvalue weighted by Gasteiger charge is 2.29. The Hall–Kier alpha value is -2.53. The molecular formula is C19H19ClN2O3. The third kappa shape index (κ3) is 3.94. The highest BCUT2D eigenvalue weighted by Crippen LogP contribution is 2.31. The van der Waals surface area contributed by atoms with Gasteiger partial charge in [0.25, 0.3) is 5.91 Å². The fourth-order valence-electron chi connectivity index (χ4n) is 2.84. The van der Waals surface area contributed by atoms with Gasteiger partial charge >= 0.3 is 0 Å². The van der Waals surface area contributed by atoms with Crippen molar-refractivity contribution in [3.8, 4) is 5.75 Å². The number of amides is 2. The number of aryl methyl sites for hydroxylation is 2. The van der Waals surface area contributed by atoms with Crippen molar-refractivity contribution in [2.75, 3.05) is 11.9 Å². The molecule has 0 aliphatic carbocycles. The van der Waals surface area contributed by atoms with Crippen molar-refractivity contribution in [2.24, 2.45) is 0 Å². The van der Waals surface area contributed by atoms with Crippen LogP contribution in [-0.4, -0.2) is 24.5 Å². The zero-order chi connectivity index (χ0) is 18.0. The van der Waals surface area contributed by atoms with Crippen LogP contribution in [-0.2, 0) is 16.0 Å². The quantitative estimate of drug-likeness (QED) is 0.882. The second-order valence-corrected chi connectivity index (χ2v) is 6.53.